The van der Waals surface area contributed by atoms with Gasteiger partial charge in [-0.2, -0.15) is 10.1 Å². The van der Waals surface area contributed by atoms with Gasteiger partial charge in [-0.1, -0.05) is 12.1 Å². The Bertz CT molecular complexity index is 777. The van der Waals surface area contributed by atoms with Crippen LogP contribution in [-0.2, 0) is 6.54 Å². The van der Waals surface area contributed by atoms with Crippen LogP contribution in [0.4, 0.5) is 26.2 Å². The van der Waals surface area contributed by atoms with E-state index in [4.69, 9.17) is 0 Å². The van der Waals surface area contributed by atoms with Gasteiger partial charge in [0.25, 0.3) is 0 Å². The molecule has 6 nitrogen and oxygen atoms in total. The fraction of sp³-hybridized carbons (Fsp3) is 0.0667. The van der Waals surface area contributed by atoms with E-state index in [1.807, 2.05) is 12.1 Å². The van der Waals surface area contributed by atoms with E-state index in [1.54, 1.807) is 12.4 Å². The topological polar surface area (TPSA) is 75.6 Å². The van der Waals surface area contributed by atoms with Crippen molar-refractivity contribution in [3.8, 4) is 0 Å². The first-order chi connectivity index (χ1) is 11.2. The van der Waals surface area contributed by atoms with E-state index in [-0.39, 0.29) is 17.5 Å². The third-order valence-electron chi connectivity index (χ3n) is 2.95. The Morgan fingerprint density at radius 1 is 1.00 bits per heavy atom. The third kappa shape index (κ3) is 3.73. The molecule has 0 aliphatic rings. The third-order valence-corrected chi connectivity index (χ3v) is 2.95. The van der Waals surface area contributed by atoms with Crippen LogP contribution in [0.5, 0.6) is 0 Å². The Kier molecular flexibility index (Phi) is 4.32. The minimum Gasteiger partial charge on any atom is -0.349 e. The summed E-state index contributed by atoms with van der Waals surface area (Å²) in [6.45, 7) is 0.451. The van der Waals surface area contributed by atoms with Crippen LogP contribution in [0, 0.1) is 11.6 Å². The SMILES string of the molecule is Fc1cccc(F)c1Nc1cnnc(NCc2cccnc2)n1. The average molecular weight is 314 g/mol. The molecule has 0 spiro atoms. The van der Waals surface area contributed by atoms with E-state index in [0.717, 1.165) is 17.7 Å². The minimum absolute atomic E-state index is 0.178. The van der Waals surface area contributed by atoms with Crippen LogP contribution in [0.3, 0.4) is 0 Å². The Balaban J connectivity index is 1.72. The quantitative estimate of drug-likeness (QED) is 0.754. The molecule has 3 aromatic rings. The second-order valence-corrected chi connectivity index (χ2v) is 4.60. The number of anilines is 3. The summed E-state index contributed by atoms with van der Waals surface area (Å²) in [5, 5.41) is 13.1. The molecule has 0 aliphatic carbocycles. The number of benzene rings is 1. The molecule has 0 saturated carbocycles. The number of rotatable bonds is 5. The lowest BCUT2D eigenvalue weighted by Crippen LogP contribution is -2.07. The van der Waals surface area contributed by atoms with E-state index in [1.165, 1.54) is 12.3 Å². The van der Waals surface area contributed by atoms with Gasteiger partial charge in [0, 0.05) is 18.9 Å². The van der Waals surface area contributed by atoms with Crippen LogP contribution < -0.4 is 10.6 Å². The van der Waals surface area contributed by atoms with Crippen LogP contribution in [0.1, 0.15) is 5.56 Å². The van der Waals surface area contributed by atoms with Crippen molar-refractivity contribution < 1.29 is 8.78 Å². The van der Waals surface area contributed by atoms with Gasteiger partial charge in [-0.25, -0.2) is 8.78 Å². The molecular formula is C15H12F2N6. The average Bonchev–Trinajstić information content (AvgIpc) is 2.58. The highest BCUT2D eigenvalue weighted by Crippen LogP contribution is 2.21. The maximum Gasteiger partial charge on any atom is 0.244 e. The number of halogens is 2. The zero-order chi connectivity index (χ0) is 16.1. The molecule has 0 atom stereocenters. The van der Waals surface area contributed by atoms with Crippen molar-refractivity contribution in [1.29, 1.82) is 0 Å². The lowest BCUT2D eigenvalue weighted by Gasteiger charge is -2.09. The zero-order valence-corrected chi connectivity index (χ0v) is 11.9. The van der Waals surface area contributed by atoms with Crippen LogP contribution in [0.25, 0.3) is 0 Å². The van der Waals surface area contributed by atoms with Crippen molar-refractivity contribution in [2.24, 2.45) is 0 Å². The molecule has 23 heavy (non-hydrogen) atoms. The van der Waals surface area contributed by atoms with E-state index in [9.17, 15) is 8.78 Å². The largest absolute Gasteiger partial charge is 0.349 e. The van der Waals surface area contributed by atoms with Crippen molar-refractivity contribution in [3.63, 3.8) is 0 Å². The van der Waals surface area contributed by atoms with Crippen LogP contribution in [0.2, 0.25) is 0 Å². The van der Waals surface area contributed by atoms with Gasteiger partial charge in [-0.15, -0.1) is 5.10 Å². The lowest BCUT2D eigenvalue weighted by molar-refractivity contribution is 0.590. The van der Waals surface area contributed by atoms with E-state index in [0.29, 0.717) is 6.54 Å². The molecule has 2 aromatic heterocycles. The summed E-state index contributed by atoms with van der Waals surface area (Å²) in [7, 11) is 0. The van der Waals surface area contributed by atoms with Crippen molar-refractivity contribution >= 4 is 17.5 Å². The van der Waals surface area contributed by atoms with Crippen molar-refractivity contribution in [3.05, 3.63) is 66.1 Å². The molecule has 0 fully saturated rings. The van der Waals surface area contributed by atoms with Gasteiger partial charge in [-0.05, 0) is 23.8 Å². The molecule has 3 rings (SSSR count). The van der Waals surface area contributed by atoms with Crippen LogP contribution in [0.15, 0.2) is 48.9 Å². The summed E-state index contributed by atoms with van der Waals surface area (Å²) in [4.78, 5) is 8.11. The van der Waals surface area contributed by atoms with Gasteiger partial charge in [0.2, 0.25) is 5.95 Å². The summed E-state index contributed by atoms with van der Waals surface area (Å²) in [6.07, 6.45) is 4.66. The predicted octanol–water partition coefficient (Wildman–Crippen LogP) is 2.90. The highest BCUT2D eigenvalue weighted by molar-refractivity contribution is 5.57. The number of hydrogen-bond donors (Lipinski definition) is 2. The first kappa shape index (κ1) is 14.8. The van der Waals surface area contributed by atoms with Gasteiger partial charge in [0.1, 0.15) is 17.3 Å². The number of pyridine rings is 1. The van der Waals surface area contributed by atoms with Gasteiger partial charge >= 0.3 is 0 Å². The summed E-state index contributed by atoms with van der Waals surface area (Å²) < 4.78 is 27.2. The molecule has 2 heterocycles. The summed E-state index contributed by atoms with van der Waals surface area (Å²) in [5.74, 6) is -1.02. The number of nitrogens with zero attached hydrogens (tertiary/aromatic N) is 4. The Labute approximate surface area is 130 Å². The van der Waals surface area contributed by atoms with Gasteiger partial charge < -0.3 is 10.6 Å². The lowest BCUT2D eigenvalue weighted by atomic mass is 10.3. The first-order valence-corrected chi connectivity index (χ1v) is 6.76. The summed E-state index contributed by atoms with van der Waals surface area (Å²) in [6, 6.07) is 7.30. The molecule has 116 valence electrons. The second kappa shape index (κ2) is 6.73. The molecule has 0 aliphatic heterocycles. The number of aromatic nitrogens is 4. The summed E-state index contributed by atoms with van der Waals surface area (Å²) >= 11 is 0. The van der Waals surface area contributed by atoms with Gasteiger partial charge in [0.05, 0.1) is 6.20 Å². The highest BCUT2D eigenvalue weighted by atomic mass is 19.1. The van der Waals surface area contributed by atoms with E-state index < -0.39 is 11.6 Å². The number of nitrogens with one attached hydrogen (secondary N) is 2. The van der Waals surface area contributed by atoms with Gasteiger partial charge in [-0.3, -0.25) is 4.98 Å². The summed E-state index contributed by atoms with van der Waals surface area (Å²) in [5.41, 5.74) is 0.654. The molecule has 0 bridgehead atoms. The van der Waals surface area contributed by atoms with Crippen molar-refractivity contribution in [2.45, 2.75) is 6.54 Å². The molecule has 2 N–H and O–H groups in total. The first-order valence-electron chi connectivity index (χ1n) is 6.76. The fourth-order valence-electron chi connectivity index (χ4n) is 1.87. The van der Waals surface area contributed by atoms with E-state index in [2.05, 4.69) is 30.8 Å². The molecule has 8 heteroatoms. The number of para-hydroxylation sites is 1. The van der Waals surface area contributed by atoms with Crippen LogP contribution in [-0.4, -0.2) is 20.2 Å². The molecular weight excluding hydrogens is 302 g/mol. The standard InChI is InChI=1S/C15H12F2N6/c16-11-4-1-5-12(17)14(11)21-13-9-20-23-15(22-13)19-8-10-3-2-6-18-7-10/h1-7,9H,8H2,(H2,19,21,22,23). The maximum absolute atomic E-state index is 13.6. The Morgan fingerprint density at radius 2 is 1.83 bits per heavy atom. The Morgan fingerprint density at radius 3 is 2.57 bits per heavy atom. The monoisotopic (exact) mass is 314 g/mol. The smallest absolute Gasteiger partial charge is 0.244 e. The molecule has 0 saturated heterocycles. The predicted molar refractivity (Wildman–Crippen MR) is 81.0 cm³/mol. The van der Waals surface area contributed by atoms with Gasteiger partial charge in [0.15, 0.2) is 5.82 Å². The molecule has 0 radical (unpaired) electrons. The number of hydrogen-bond acceptors (Lipinski definition) is 6. The molecule has 0 unspecified atom stereocenters. The van der Waals surface area contributed by atoms with E-state index >= 15 is 0 Å². The maximum atomic E-state index is 13.6. The fourth-order valence-corrected chi connectivity index (χ4v) is 1.87. The zero-order valence-electron chi connectivity index (χ0n) is 11.9. The normalized spacial score (nSPS) is 10.3. The minimum atomic E-state index is -0.714. The van der Waals surface area contributed by atoms with Crippen LogP contribution >= 0.6 is 0 Å². The van der Waals surface area contributed by atoms with Crippen molar-refractivity contribution in [1.82, 2.24) is 20.2 Å². The molecule has 1 aromatic carbocycles. The molecule has 0 amide bonds. The van der Waals surface area contributed by atoms with Crippen molar-refractivity contribution in [2.75, 3.05) is 10.6 Å². The Hall–Kier alpha value is -3.16. The highest BCUT2D eigenvalue weighted by Gasteiger charge is 2.10. The second-order valence-electron chi connectivity index (χ2n) is 4.60.